The molecule has 4 N–H and O–H groups in total. The maximum atomic E-state index is 15.2. The van der Waals surface area contributed by atoms with Crippen LogP contribution in [0.2, 0.25) is 0 Å². The molecule has 0 bridgehead atoms. The Kier molecular flexibility index (Phi) is 6.95. The van der Waals surface area contributed by atoms with E-state index in [2.05, 4.69) is 23.7 Å². The van der Waals surface area contributed by atoms with Crippen LogP contribution in [-0.2, 0) is 12.4 Å². The normalized spacial score (nSPS) is 11.4. The van der Waals surface area contributed by atoms with Gasteiger partial charge >= 0.3 is 12.4 Å². The molecule has 0 amide bonds. The number of alkyl halides is 6. The van der Waals surface area contributed by atoms with Crippen molar-refractivity contribution in [2.75, 3.05) is 11.5 Å². The van der Waals surface area contributed by atoms with Crippen LogP contribution < -0.4 is 11.5 Å². The highest BCUT2D eigenvalue weighted by atomic mass is 19.4. The number of aryl methyl sites for hydroxylation is 2. The second-order valence-corrected chi connectivity index (χ2v) is 7.88. The summed E-state index contributed by atoms with van der Waals surface area (Å²) < 4.78 is 108. The van der Waals surface area contributed by atoms with Crippen molar-refractivity contribution in [3.8, 4) is 23.7 Å². The van der Waals surface area contributed by atoms with Gasteiger partial charge in [-0.1, -0.05) is 23.7 Å². The van der Waals surface area contributed by atoms with Gasteiger partial charge in [-0.15, -0.1) is 0 Å². The molecule has 36 heavy (non-hydrogen) atoms. The number of nitrogen functional groups attached to an aromatic ring is 2. The second kappa shape index (κ2) is 9.46. The van der Waals surface area contributed by atoms with E-state index in [1.807, 2.05) is 0 Å². The Bertz CT molecular complexity index is 1370. The Morgan fingerprint density at radius 3 is 1.25 bits per heavy atom. The molecule has 0 spiro atoms. The summed E-state index contributed by atoms with van der Waals surface area (Å²) in [6, 6.07) is 5.87. The third kappa shape index (κ3) is 5.72. The van der Waals surface area contributed by atoms with E-state index in [1.54, 1.807) is 0 Å². The Balaban J connectivity index is 2.13. The van der Waals surface area contributed by atoms with E-state index < -0.39 is 57.6 Å². The summed E-state index contributed by atoms with van der Waals surface area (Å²) in [5.41, 5.74) is 6.42. The lowest BCUT2D eigenvalue weighted by Gasteiger charge is -2.10. The van der Waals surface area contributed by atoms with Crippen molar-refractivity contribution in [2.45, 2.75) is 26.2 Å². The molecule has 10 heteroatoms. The molecule has 0 saturated carbocycles. The Morgan fingerprint density at radius 1 is 0.556 bits per heavy atom. The maximum absolute atomic E-state index is 15.2. The fourth-order valence-corrected chi connectivity index (χ4v) is 3.28. The molecule has 2 nitrogen and oxygen atoms in total. The number of nitrogens with two attached hydrogens (primary N) is 2. The van der Waals surface area contributed by atoms with Gasteiger partial charge in [0, 0.05) is 11.1 Å². The van der Waals surface area contributed by atoms with Gasteiger partial charge < -0.3 is 11.5 Å². The Labute approximate surface area is 200 Å². The van der Waals surface area contributed by atoms with Crippen molar-refractivity contribution >= 4 is 11.4 Å². The van der Waals surface area contributed by atoms with Crippen molar-refractivity contribution in [2.24, 2.45) is 0 Å². The molecule has 0 radical (unpaired) electrons. The molecule has 0 aliphatic rings. The van der Waals surface area contributed by atoms with Crippen LogP contribution in [0.5, 0.6) is 0 Å². The van der Waals surface area contributed by atoms with Gasteiger partial charge in [-0.05, 0) is 61.4 Å². The first-order chi connectivity index (χ1) is 16.6. The lowest BCUT2D eigenvalue weighted by atomic mass is 10.0. The van der Waals surface area contributed by atoms with Gasteiger partial charge in [-0.3, -0.25) is 0 Å². The molecule has 0 aliphatic heterocycles. The predicted octanol–water partition coefficient (Wildman–Crippen LogP) is 6.58. The third-order valence-electron chi connectivity index (χ3n) is 4.92. The van der Waals surface area contributed by atoms with Crippen molar-refractivity contribution in [3.05, 3.63) is 92.5 Å². The molecular weight excluding hydrogens is 492 g/mol. The minimum atomic E-state index is -4.65. The highest BCUT2D eigenvalue weighted by Crippen LogP contribution is 2.32. The number of benzene rings is 3. The first kappa shape index (κ1) is 26.4. The van der Waals surface area contributed by atoms with E-state index in [1.165, 1.54) is 26.0 Å². The molecule has 0 fully saturated rings. The zero-order valence-electron chi connectivity index (χ0n) is 18.6. The Hall–Kier alpha value is -4.18. The van der Waals surface area contributed by atoms with Gasteiger partial charge in [0.25, 0.3) is 0 Å². The Morgan fingerprint density at radius 2 is 0.917 bits per heavy atom. The summed E-state index contributed by atoms with van der Waals surface area (Å²) in [6.45, 7) is 2.81. The highest BCUT2D eigenvalue weighted by Gasteiger charge is 2.31. The van der Waals surface area contributed by atoms with E-state index in [0.717, 1.165) is 24.3 Å². The van der Waals surface area contributed by atoms with Crippen LogP contribution in [0, 0.1) is 49.2 Å². The standard InChI is InChI=1S/C26H16F8N2/c1-13-7-15(11-17(9-13)25(29,30)31)3-5-19-21(27)20(24(36)22(28)23(19)35)6-4-16-8-14(2)10-18(12-16)26(32,33)34/h7-12H,35-36H2,1-2H3. The van der Waals surface area contributed by atoms with E-state index in [-0.39, 0.29) is 22.3 Å². The predicted molar refractivity (Wildman–Crippen MR) is 120 cm³/mol. The molecule has 0 aromatic heterocycles. The summed E-state index contributed by atoms with van der Waals surface area (Å²) in [4.78, 5) is 0. The first-order valence-corrected chi connectivity index (χ1v) is 10.1. The van der Waals surface area contributed by atoms with E-state index in [0.29, 0.717) is 0 Å². The van der Waals surface area contributed by atoms with Crippen molar-refractivity contribution in [3.63, 3.8) is 0 Å². The quantitative estimate of drug-likeness (QED) is 0.205. The lowest BCUT2D eigenvalue weighted by Crippen LogP contribution is -2.07. The van der Waals surface area contributed by atoms with Gasteiger partial charge in [0.15, 0.2) is 11.6 Å². The number of anilines is 2. The van der Waals surface area contributed by atoms with Crippen LogP contribution in [0.3, 0.4) is 0 Å². The van der Waals surface area contributed by atoms with E-state index >= 15 is 4.39 Å². The van der Waals surface area contributed by atoms with Gasteiger partial charge in [0.05, 0.1) is 33.6 Å². The summed E-state index contributed by atoms with van der Waals surface area (Å²) in [6.07, 6.45) is -9.30. The van der Waals surface area contributed by atoms with Crippen molar-refractivity contribution in [1.29, 1.82) is 0 Å². The van der Waals surface area contributed by atoms with Gasteiger partial charge in [-0.2, -0.15) is 26.3 Å². The van der Waals surface area contributed by atoms with Gasteiger partial charge in [0.2, 0.25) is 0 Å². The molecule has 3 aromatic rings. The fourth-order valence-electron chi connectivity index (χ4n) is 3.28. The van der Waals surface area contributed by atoms with Crippen LogP contribution in [0.25, 0.3) is 0 Å². The number of halogens is 8. The topological polar surface area (TPSA) is 52.0 Å². The first-order valence-electron chi connectivity index (χ1n) is 10.1. The van der Waals surface area contributed by atoms with Crippen LogP contribution >= 0.6 is 0 Å². The summed E-state index contributed by atoms with van der Waals surface area (Å²) >= 11 is 0. The van der Waals surface area contributed by atoms with Crippen LogP contribution in [0.15, 0.2) is 36.4 Å². The van der Waals surface area contributed by atoms with Crippen LogP contribution in [0.1, 0.15) is 44.5 Å². The molecule has 3 rings (SSSR count). The molecule has 186 valence electrons. The molecule has 3 aromatic carbocycles. The lowest BCUT2D eigenvalue weighted by molar-refractivity contribution is -0.138. The van der Waals surface area contributed by atoms with Crippen molar-refractivity contribution < 1.29 is 35.1 Å². The fraction of sp³-hybridized carbons (Fsp3) is 0.154. The molecule has 0 atom stereocenters. The molecule has 0 aliphatic carbocycles. The summed E-state index contributed by atoms with van der Waals surface area (Å²) in [7, 11) is 0. The highest BCUT2D eigenvalue weighted by molar-refractivity contribution is 5.72. The number of hydrogen-bond acceptors (Lipinski definition) is 2. The maximum Gasteiger partial charge on any atom is 0.416 e. The van der Waals surface area contributed by atoms with Crippen molar-refractivity contribution in [1.82, 2.24) is 0 Å². The van der Waals surface area contributed by atoms with Gasteiger partial charge in [-0.25, -0.2) is 8.78 Å². The zero-order chi connectivity index (χ0) is 27.0. The molecular formula is C26H16F8N2. The molecule has 0 heterocycles. The minimum absolute atomic E-state index is 0.134. The zero-order valence-corrected chi connectivity index (χ0v) is 18.6. The monoisotopic (exact) mass is 508 g/mol. The number of hydrogen-bond donors (Lipinski definition) is 2. The van der Waals surface area contributed by atoms with Gasteiger partial charge in [0.1, 0.15) is 0 Å². The third-order valence-corrected chi connectivity index (χ3v) is 4.92. The van der Waals surface area contributed by atoms with Crippen LogP contribution in [0.4, 0.5) is 46.5 Å². The van der Waals surface area contributed by atoms with E-state index in [9.17, 15) is 30.7 Å². The molecule has 0 saturated heterocycles. The number of rotatable bonds is 0. The average molecular weight is 508 g/mol. The van der Waals surface area contributed by atoms with Crippen LogP contribution in [-0.4, -0.2) is 0 Å². The smallest absolute Gasteiger partial charge is 0.395 e. The largest absolute Gasteiger partial charge is 0.416 e. The SMILES string of the molecule is Cc1cc(C#Cc2c(N)c(F)c(N)c(C#Cc3cc(C)cc(C(F)(F)F)c3)c2F)cc(C(F)(F)F)c1. The summed E-state index contributed by atoms with van der Waals surface area (Å²) in [5, 5.41) is 0. The van der Waals surface area contributed by atoms with E-state index in [4.69, 9.17) is 11.5 Å². The molecule has 0 unspecified atom stereocenters. The average Bonchev–Trinajstić information content (AvgIpc) is 2.75. The summed E-state index contributed by atoms with van der Waals surface area (Å²) in [5.74, 6) is 6.55. The second-order valence-electron chi connectivity index (χ2n) is 7.88. The minimum Gasteiger partial charge on any atom is -0.395 e.